The number of esters is 1. The summed E-state index contributed by atoms with van der Waals surface area (Å²) in [4.78, 5) is 25.1. The molecule has 0 heterocycles. The molecule has 0 radical (unpaired) electrons. The fourth-order valence-corrected chi connectivity index (χ4v) is 3.17. The lowest BCUT2D eigenvalue weighted by Crippen LogP contribution is -2.41. The molecule has 0 spiro atoms. The Morgan fingerprint density at radius 2 is 1.72 bits per heavy atom. The third-order valence-corrected chi connectivity index (χ3v) is 5.30. The van der Waals surface area contributed by atoms with E-state index in [2.05, 4.69) is 37.4 Å². The predicted molar refractivity (Wildman–Crippen MR) is 125 cm³/mol. The minimum atomic E-state index is -0.709. The standard InChI is InChI=1S/C26H35NO5/c1-17-10-11-19(14-18(17)2)8-7-9-24(32-25(30)26(3,4)5)27-23(29)16-20-12-13-21(28)22(15-20)31-6/h10-15,24,28H,7-9,16H2,1-6H3,(H,27,29). The zero-order valence-electron chi connectivity index (χ0n) is 20.0. The number of carbonyl (C=O) groups excluding carboxylic acids is 2. The Bertz CT molecular complexity index is 946. The minimum absolute atomic E-state index is 0.0139. The minimum Gasteiger partial charge on any atom is -0.504 e. The fraction of sp³-hybridized carbons (Fsp3) is 0.462. The van der Waals surface area contributed by atoms with Gasteiger partial charge in [0.05, 0.1) is 18.9 Å². The molecule has 2 aromatic rings. The number of carbonyl (C=O) groups is 2. The number of hydrogen-bond acceptors (Lipinski definition) is 5. The fourth-order valence-electron chi connectivity index (χ4n) is 3.17. The van der Waals surface area contributed by atoms with E-state index in [-0.39, 0.29) is 24.0 Å². The Labute approximate surface area is 190 Å². The number of phenolic OH excluding ortho intramolecular Hbond substituents is 1. The van der Waals surface area contributed by atoms with Crippen LogP contribution in [0.25, 0.3) is 0 Å². The van der Waals surface area contributed by atoms with Gasteiger partial charge in [0, 0.05) is 6.42 Å². The molecule has 0 aromatic heterocycles. The van der Waals surface area contributed by atoms with Crippen molar-refractivity contribution in [2.24, 2.45) is 5.41 Å². The molecule has 6 nitrogen and oxygen atoms in total. The van der Waals surface area contributed by atoms with Gasteiger partial charge in [-0.05, 0) is 81.8 Å². The maximum atomic E-state index is 12.6. The predicted octanol–water partition coefficient (Wildman–Crippen LogP) is 4.61. The summed E-state index contributed by atoms with van der Waals surface area (Å²) in [6, 6.07) is 11.1. The van der Waals surface area contributed by atoms with E-state index in [1.807, 2.05) is 0 Å². The molecule has 1 atom stereocenters. The lowest BCUT2D eigenvalue weighted by atomic mass is 9.97. The average molecular weight is 442 g/mol. The van der Waals surface area contributed by atoms with Gasteiger partial charge in [0.2, 0.25) is 5.91 Å². The van der Waals surface area contributed by atoms with Gasteiger partial charge in [0.1, 0.15) is 0 Å². The molecule has 2 N–H and O–H groups in total. The summed E-state index contributed by atoms with van der Waals surface area (Å²) >= 11 is 0. The van der Waals surface area contributed by atoms with E-state index in [0.717, 1.165) is 12.8 Å². The van der Waals surface area contributed by atoms with Crippen LogP contribution in [-0.2, 0) is 27.2 Å². The number of benzene rings is 2. The summed E-state index contributed by atoms with van der Waals surface area (Å²) in [6.07, 6.45) is 1.48. The van der Waals surface area contributed by atoms with Crippen LogP contribution < -0.4 is 10.1 Å². The lowest BCUT2D eigenvalue weighted by Gasteiger charge is -2.24. The van der Waals surface area contributed by atoms with Crippen LogP contribution >= 0.6 is 0 Å². The number of aryl methyl sites for hydroxylation is 3. The summed E-state index contributed by atoms with van der Waals surface area (Å²) in [5, 5.41) is 12.6. The summed E-state index contributed by atoms with van der Waals surface area (Å²) < 4.78 is 10.7. The highest BCUT2D eigenvalue weighted by atomic mass is 16.6. The average Bonchev–Trinajstić information content (AvgIpc) is 2.71. The van der Waals surface area contributed by atoms with Crippen molar-refractivity contribution in [1.82, 2.24) is 5.32 Å². The number of amides is 1. The highest BCUT2D eigenvalue weighted by Crippen LogP contribution is 2.26. The van der Waals surface area contributed by atoms with Crippen LogP contribution in [0.5, 0.6) is 11.5 Å². The van der Waals surface area contributed by atoms with Crippen molar-refractivity contribution in [3.63, 3.8) is 0 Å². The van der Waals surface area contributed by atoms with Crippen molar-refractivity contribution in [3.05, 3.63) is 58.7 Å². The zero-order valence-corrected chi connectivity index (χ0v) is 20.0. The summed E-state index contributed by atoms with van der Waals surface area (Å²) in [5.41, 5.74) is 3.74. The van der Waals surface area contributed by atoms with Crippen LogP contribution in [0, 0.1) is 19.3 Å². The van der Waals surface area contributed by atoms with E-state index in [9.17, 15) is 14.7 Å². The summed E-state index contributed by atoms with van der Waals surface area (Å²) in [6.45, 7) is 9.52. The molecule has 32 heavy (non-hydrogen) atoms. The van der Waals surface area contributed by atoms with E-state index in [0.29, 0.717) is 17.7 Å². The van der Waals surface area contributed by atoms with Gasteiger partial charge in [-0.25, -0.2) is 0 Å². The topological polar surface area (TPSA) is 84.9 Å². The lowest BCUT2D eigenvalue weighted by molar-refractivity contribution is -0.161. The van der Waals surface area contributed by atoms with Gasteiger partial charge in [0.25, 0.3) is 0 Å². The van der Waals surface area contributed by atoms with Crippen LogP contribution in [-0.4, -0.2) is 30.3 Å². The third kappa shape index (κ3) is 7.59. The highest BCUT2D eigenvalue weighted by Gasteiger charge is 2.27. The van der Waals surface area contributed by atoms with Crippen LogP contribution in [0.3, 0.4) is 0 Å². The zero-order chi connectivity index (χ0) is 23.9. The van der Waals surface area contributed by atoms with Crippen molar-refractivity contribution >= 4 is 11.9 Å². The molecule has 0 saturated heterocycles. The molecule has 0 aliphatic carbocycles. The van der Waals surface area contributed by atoms with Crippen molar-refractivity contribution in [1.29, 1.82) is 0 Å². The largest absolute Gasteiger partial charge is 0.504 e. The molecule has 0 aliphatic heterocycles. The van der Waals surface area contributed by atoms with Crippen molar-refractivity contribution in [3.8, 4) is 11.5 Å². The Balaban J connectivity index is 2.02. The molecular formula is C26H35NO5. The maximum absolute atomic E-state index is 12.6. The number of nitrogens with one attached hydrogen (secondary N) is 1. The van der Waals surface area contributed by atoms with Gasteiger partial charge >= 0.3 is 5.97 Å². The van der Waals surface area contributed by atoms with Crippen LogP contribution in [0.2, 0.25) is 0 Å². The van der Waals surface area contributed by atoms with Gasteiger partial charge in [-0.2, -0.15) is 0 Å². The maximum Gasteiger partial charge on any atom is 0.313 e. The first kappa shape index (κ1) is 25.2. The number of rotatable bonds is 9. The molecule has 0 bridgehead atoms. The summed E-state index contributed by atoms with van der Waals surface area (Å²) in [7, 11) is 1.45. The van der Waals surface area contributed by atoms with E-state index in [4.69, 9.17) is 9.47 Å². The molecule has 2 rings (SSSR count). The van der Waals surface area contributed by atoms with E-state index in [1.54, 1.807) is 32.9 Å². The summed E-state index contributed by atoms with van der Waals surface area (Å²) in [5.74, 6) is -0.310. The Morgan fingerprint density at radius 1 is 1.03 bits per heavy atom. The first-order chi connectivity index (χ1) is 15.0. The normalized spacial score (nSPS) is 12.2. The second-order valence-electron chi connectivity index (χ2n) is 9.21. The van der Waals surface area contributed by atoms with Crippen LogP contribution in [0.4, 0.5) is 0 Å². The monoisotopic (exact) mass is 441 g/mol. The molecule has 174 valence electrons. The molecule has 6 heteroatoms. The first-order valence-corrected chi connectivity index (χ1v) is 10.9. The van der Waals surface area contributed by atoms with Crippen molar-refractivity contribution in [2.75, 3.05) is 7.11 Å². The van der Waals surface area contributed by atoms with Gasteiger partial charge < -0.3 is 19.9 Å². The molecule has 1 unspecified atom stereocenters. The second-order valence-corrected chi connectivity index (χ2v) is 9.21. The van der Waals surface area contributed by atoms with Crippen molar-refractivity contribution < 1.29 is 24.2 Å². The van der Waals surface area contributed by atoms with Crippen molar-refractivity contribution in [2.45, 2.75) is 66.5 Å². The molecule has 0 saturated carbocycles. The Hall–Kier alpha value is -3.02. The van der Waals surface area contributed by atoms with Crippen LogP contribution in [0.15, 0.2) is 36.4 Å². The van der Waals surface area contributed by atoms with Gasteiger partial charge in [-0.3, -0.25) is 9.59 Å². The molecule has 0 fully saturated rings. The number of methoxy groups -OCH3 is 1. The molecule has 2 aromatic carbocycles. The quantitative estimate of drug-likeness (QED) is 0.438. The van der Waals surface area contributed by atoms with Gasteiger partial charge in [-0.1, -0.05) is 24.3 Å². The Kier molecular flexibility index (Phi) is 8.70. The SMILES string of the molecule is COc1cc(CC(=O)NC(CCCc2ccc(C)c(C)c2)OC(=O)C(C)(C)C)ccc1O. The van der Waals surface area contributed by atoms with Gasteiger partial charge in [0.15, 0.2) is 17.7 Å². The molecular weight excluding hydrogens is 406 g/mol. The Morgan fingerprint density at radius 3 is 2.34 bits per heavy atom. The highest BCUT2D eigenvalue weighted by molar-refractivity contribution is 5.80. The van der Waals surface area contributed by atoms with Crippen LogP contribution in [0.1, 0.15) is 55.9 Å². The number of phenols is 1. The van der Waals surface area contributed by atoms with E-state index >= 15 is 0 Å². The number of aromatic hydroxyl groups is 1. The van der Waals surface area contributed by atoms with E-state index in [1.165, 1.54) is 29.9 Å². The number of ether oxygens (including phenoxy) is 2. The second kappa shape index (κ2) is 11.0. The smallest absolute Gasteiger partial charge is 0.313 e. The molecule has 0 aliphatic rings. The van der Waals surface area contributed by atoms with E-state index < -0.39 is 11.6 Å². The van der Waals surface area contributed by atoms with Gasteiger partial charge in [-0.15, -0.1) is 0 Å². The first-order valence-electron chi connectivity index (χ1n) is 10.9. The molecule has 1 amide bonds. The number of hydrogen-bond donors (Lipinski definition) is 2. The third-order valence-electron chi connectivity index (χ3n) is 5.30.